The fourth-order valence-corrected chi connectivity index (χ4v) is 2.25. The molecule has 0 saturated carbocycles. The van der Waals surface area contributed by atoms with Gasteiger partial charge in [0.25, 0.3) is 0 Å². The van der Waals surface area contributed by atoms with Crippen molar-refractivity contribution in [3.05, 3.63) is 29.6 Å². The highest BCUT2D eigenvalue weighted by Crippen LogP contribution is 2.25. The van der Waals surface area contributed by atoms with Gasteiger partial charge in [-0.2, -0.15) is 0 Å². The van der Waals surface area contributed by atoms with Gasteiger partial charge in [-0.3, -0.25) is 0 Å². The second kappa shape index (κ2) is 5.67. The highest BCUT2D eigenvalue weighted by atomic mass is 19.1. The lowest BCUT2D eigenvalue weighted by Gasteiger charge is -2.25. The maximum atomic E-state index is 14.1. The molecule has 0 spiro atoms. The second-order valence-electron chi connectivity index (χ2n) is 4.87. The normalized spacial score (nSPS) is 22.7. The number of rotatable bonds is 2. The van der Waals surface area contributed by atoms with Gasteiger partial charge >= 0.3 is 0 Å². The van der Waals surface area contributed by atoms with Crippen LogP contribution in [0.3, 0.4) is 0 Å². The zero-order valence-corrected chi connectivity index (χ0v) is 10.9. The number of aliphatic hydroxyl groups is 1. The summed E-state index contributed by atoms with van der Waals surface area (Å²) in [6, 6.07) is 4.94. The predicted octanol–water partition coefficient (Wildman–Crippen LogP) is 2.49. The molecule has 1 heterocycles. The molecule has 1 N–H and O–H groups in total. The fourth-order valence-electron chi connectivity index (χ4n) is 2.25. The van der Waals surface area contributed by atoms with Gasteiger partial charge in [0, 0.05) is 19.7 Å². The summed E-state index contributed by atoms with van der Waals surface area (Å²) in [5.41, 5.74) is 1.20. The number of halogens is 1. The van der Waals surface area contributed by atoms with Crippen LogP contribution in [-0.4, -0.2) is 30.9 Å². The van der Waals surface area contributed by atoms with Crippen molar-refractivity contribution in [2.75, 3.05) is 24.6 Å². The third kappa shape index (κ3) is 3.00. The van der Waals surface area contributed by atoms with Crippen molar-refractivity contribution in [2.45, 2.75) is 32.5 Å². The van der Waals surface area contributed by atoms with E-state index in [0.717, 1.165) is 19.6 Å². The van der Waals surface area contributed by atoms with Crippen molar-refractivity contribution in [3.63, 3.8) is 0 Å². The van der Waals surface area contributed by atoms with Crippen LogP contribution in [0.1, 0.15) is 31.9 Å². The molecule has 3 nitrogen and oxygen atoms in total. The Kier molecular flexibility index (Phi) is 4.19. The van der Waals surface area contributed by atoms with Crippen molar-refractivity contribution in [1.82, 2.24) is 0 Å². The molecule has 2 atom stereocenters. The summed E-state index contributed by atoms with van der Waals surface area (Å²) < 4.78 is 19.6. The van der Waals surface area contributed by atoms with Crippen LogP contribution in [0, 0.1) is 5.82 Å². The Hall–Kier alpha value is -1.13. The van der Waals surface area contributed by atoms with E-state index >= 15 is 0 Å². The molecule has 18 heavy (non-hydrogen) atoms. The first-order valence-corrected chi connectivity index (χ1v) is 6.42. The van der Waals surface area contributed by atoms with Gasteiger partial charge in [-0.15, -0.1) is 0 Å². The highest BCUT2D eigenvalue weighted by molar-refractivity contribution is 5.49. The van der Waals surface area contributed by atoms with Crippen LogP contribution < -0.4 is 4.90 Å². The third-order valence-corrected chi connectivity index (χ3v) is 3.25. The van der Waals surface area contributed by atoms with Gasteiger partial charge in [0.2, 0.25) is 0 Å². The minimum absolute atomic E-state index is 0.114. The molecule has 4 heteroatoms. The van der Waals surface area contributed by atoms with E-state index in [1.807, 2.05) is 11.8 Å². The van der Waals surface area contributed by atoms with Crippen LogP contribution in [0.2, 0.25) is 0 Å². The summed E-state index contributed by atoms with van der Waals surface area (Å²) in [7, 11) is 0. The van der Waals surface area contributed by atoms with Crippen LogP contribution in [0.5, 0.6) is 0 Å². The molecule has 0 radical (unpaired) electrons. The number of anilines is 1. The highest BCUT2D eigenvalue weighted by Gasteiger charge is 2.18. The van der Waals surface area contributed by atoms with Crippen molar-refractivity contribution >= 4 is 5.69 Å². The van der Waals surface area contributed by atoms with Gasteiger partial charge in [0.1, 0.15) is 5.82 Å². The minimum Gasteiger partial charge on any atom is -0.389 e. The van der Waals surface area contributed by atoms with E-state index in [9.17, 15) is 9.50 Å². The molecule has 1 aromatic rings. The number of hydrogen-bond donors (Lipinski definition) is 1. The molecule has 1 aliphatic rings. The van der Waals surface area contributed by atoms with Gasteiger partial charge in [0.15, 0.2) is 0 Å². The van der Waals surface area contributed by atoms with Crippen LogP contribution in [0.25, 0.3) is 0 Å². The number of hydrogen-bond acceptors (Lipinski definition) is 3. The van der Waals surface area contributed by atoms with Crippen molar-refractivity contribution < 1.29 is 14.2 Å². The van der Waals surface area contributed by atoms with Gasteiger partial charge in [-0.25, -0.2) is 4.39 Å². The Bertz CT molecular complexity index is 409. The van der Waals surface area contributed by atoms with Crippen LogP contribution in [-0.2, 0) is 4.74 Å². The fraction of sp³-hybridized carbons (Fsp3) is 0.571. The average Bonchev–Trinajstić information content (AvgIpc) is 2.53. The first kappa shape index (κ1) is 13.3. The standard InChI is InChI=1S/C14H20FNO2/c1-10-9-16(6-3-7-18-10)14-5-4-12(11(2)17)8-13(14)15/h4-5,8,10-11,17H,3,6-7,9H2,1-2H3. The van der Waals surface area contributed by atoms with Crippen LogP contribution >= 0.6 is 0 Å². The molecule has 0 aromatic heterocycles. The number of aliphatic hydroxyl groups excluding tert-OH is 1. The Morgan fingerprint density at radius 3 is 2.94 bits per heavy atom. The molecule has 100 valence electrons. The Morgan fingerprint density at radius 2 is 2.28 bits per heavy atom. The van der Waals surface area contributed by atoms with E-state index in [4.69, 9.17) is 4.74 Å². The van der Waals surface area contributed by atoms with Crippen molar-refractivity contribution in [3.8, 4) is 0 Å². The molecule has 2 unspecified atom stereocenters. The molecule has 0 amide bonds. The first-order chi connectivity index (χ1) is 8.58. The topological polar surface area (TPSA) is 32.7 Å². The van der Waals surface area contributed by atoms with E-state index < -0.39 is 6.10 Å². The van der Waals surface area contributed by atoms with Gasteiger partial charge in [-0.05, 0) is 38.0 Å². The summed E-state index contributed by atoms with van der Waals surface area (Å²) >= 11 is 0. The molecule has 0 bridgehead atoms. The summed E-state index contributed by atoms with van der Waals surface area (Å²) in [5, 5.41) is 9.44. The lowest BCUT2D eigenvalue weighted by molar-refractivity contribution is 0.0820. The number of nitrogens with zero attached hydrogens (tertiary/aromatic N) is 1. The molecule has 2 rings (SSSR count). The van der Waals surface area contributed by atoms with Gasteiger partial charge < -0.3 is 14.7 Å². The molecule has 1 fully saturated rings. The van der Waals surface area contributed by atoms with E-state index in [-0.39, 0.29) is 11.9 Å². The number of ether oxygens (including phenoxy) is 1. The summed E-state index contributed by atoms with van der Waals surface area (Å²) in [5.74, 6) is -0.275. The van der Waals surface area contributed by atoms with E-state index in [2.05, 4.69) is 0 Å². The van der Waals surface area contributed by atoms with Crippen molar-refractivity contribution in [2.24, 2.45) is 0 Å². The molecule has 0 aliphatic carbocycles. The van der Waals surface area contributed by atoms with Gasteiger partial charge in [0.05, 0.1) is 17.9 Å². The smallest absolute Gasteiger partial charge is 0.146 e. The zero-order chi connectivity index (χ0) is 13.1. The third-order valence-electron chi connectivity index (χ3n) is 3.25. The molecular formula is C14H20FNO2. The summed E-state index contributed by atoms with van der Waals surface area (Å²) in [4.78, 5) is 2.01. The van der Waals surface area contributed by atoms with E-state index in [1.165, 1.54) is 6.07 Å². The summed E-state index contributed by atoms with van der Waals surface area (Å²) in [6.07, 6.45) is 0.380. The molecule has 1 aromatic carbocycles. The lowest BCUT2D eigenvalue weighted by atomic mass is 10.1. The summed E-state index contributed by atoms with van der Waals surface area (Å²) in [6.45, 7) is 5.86. The Labute approximate surface area is 107 Å². The Balaban J connectivity index is 2.21. The van der Waals surface area contributed by atoms with Crippen LogP contribution in [0.15, 0.2) is 18.2 Å². The average molecular weight is 253 g/mol. The van der Waals surface area contributed by atoms with Gasteiger partial charge in [-0.1, -0.05) is 6.07 Å². The maximum absolute atomic E-state index is 14.1. The van der Waals surface area contributed by atoms with E-state index in [0.29, 0.717) is 17.8 Å². The second-order valence-corrected chi connectivity index (χ2v) is 4.87. The molecule has 1 saturated heterocycles. The SMILES string of the molecule is CC1CN(c2ccc(C(C)O)cc2F)CCCO1. The molecule has 1 aliphatic heterocycles. The largest absolute Gasteiger partial charge is 0.389 e. The number of benzene rings is 1. The predicted molar refractivity (Wildman–Crippen MR) is 69.3 cm³/mol. The molecular weight excluding hydrogens is 233 g/mol. The minimum atomic E-state index is -0.639. The lowest BCUT2D eigenvalue weighted by Crippen LogP contribution is -2.30. The Morgan fingerprint density at radius 1 is 1.50 bits per heavy atom. The monoisotopic (exact) mass is 253 g/mol. The maximum Gasteiger partial charge on any atom is 0.146 e. The quantitative estimate of drug-likeness (QED) is 0.879. The van der Waals surface area contributed by atoms with Crippen molar-refractivity contribution in [1.29, 1.82) is 0 Å². The first-order valence-electron chi connectivity index (χ1n) is 6.42. The zero-order valence-electron chi connectivity index (χ0n) is 10.9. The van der Waals surface area contributed by atoms with E-state index in [1.54, 1.807) is 19.1 Å². The van der Waals surface area contributed by atoms with Crippen LogP contribution in [0.4, 0.5) is 10.1 Å².